The molecule has 0 radical (unpaired) electrons. The van der Waals surface area contributed by atoms with Crippen LogP contribution in [0.15, 0.2) is 17.6 Å². The lowest BCUT2D eigenvalue weighted by Gasteiger charge is -1.96. The molecule has 2 rings (SSSR count). The average molecular weight is 232 g/mol. The summed E-state index contributed by atoms with van der Waals surface area (Å²) in [5.41, 5.74) is 0.413. The maximum atomic E-state index is 11.0. The van der Waals surface area contributed by atoms with E-state index in [4.69, 9.17) is 23.2 Å². The number of pyridine rings is 1. The molecule has 0 fully saturated rings. The number of nitrogens with zero attached hydrogens (tertiary/aromatic N) is 1. The fraction of sp³-hybridized carbons (Fsp3) is 0. The minimum atomic E-state index is -0.503. The van der Waals surface area contributed by atoms with Crippen LogP contribution in [0.1, 0.15) is 10.4 Å². The van der Waals surface area contributed by atoms with E-state index in [1.54, 1.807) is 0 Å². The summed E-state index contributed by atoms with van der Waals surface area (Å²) in [4.78, 5) is 14.8. The van der Waals surface area contributed by atoms with Crippen molar-refractivity contribution < 1.29 is 4.79 Å². The Bertz CT molecular complexity index is 480. The number of rotatable bonds is 1. The van der Waals surface area contributed by atoms with Crippen LogP contribution in [0.5, 0.6) is 0 Å². The van der Waals surface area contributed by atoms with Crippen molar-refractivity contribution in [3.63, 3.8) is 0 Å². The van der Waals surface area contributed by atoms with Gasteiger partial charge >= 0.3 is 0 Å². The van der Waals surface area contributed by atoms with Crippen molar-refractivity contribution in [3.05, 3.63) is 28.4 Å². The van der Waals surface area contributed by atoms with E-state index in [0.29, 0.717) is 10.7 Å². The van der Waals surface area contributed by atoms with Crippen LogP contribution in [-0.2, 0) is 0 Å². The van der Waals surface area contributed by atoms with E-state index in [0.717, 1.165) is 10.1 Å². The number of carbonyl (C=O) groups excluding carboxylic acids is 1. The van der Waals surface area contributed by atoms with Crippen molar-refractivity contribution >= 4 is 49.9 Å². The zero-order valence-electron chi connectivity index (χ0n) is 6.25. The summed E-state index contributed by atoms with van der Waals surface area (Å²) in [7, 11) is 0. The molecule has 0 saturated heterocycles. The van der Waals surface area contributed by atoms with Crippen molar-refractivity contribution in [2.24, 2.45) is 0 Å². The molecule has 0 aliphatic rings. The van der Waals surface area contributed by atoms with Gasteiger partial charge in [-0.1, -0.05) is 11.6 Å². The molecule has 0 bridgehead atoms. The van der Waals surface area contributed by atoms with Crippen LogP contribution in [0.4, 0.5) is 0 Å². The van der Waals surface area contributed by atoms with Crippen molar-refractivity contribution in [3.8, 4) is 0 Å². The SMILES string of the molecule is O=C(Cl)c1cnc(Cl)c2ccsc12. The molecule has 2 heterocycles. The van der Waals surface area contributed by atoms with Gasteiger partial charge in [0.2, 0.25) is 0 Å². The number of thiophene rings is 1. The predicted molar refractivity (Wildman–Crippen MR) is 54.8 cm³/mol. The number of fused-ring (bicyclic) bond motifs is 1. The first kappa shape index (κ1) is 8.94. The van der Waals surface area contributed by atoms with E-state index in [-0.39, 0.29) is 0 Å². The Kier molecular flexibility index (Phi) is 2.24. The third-order valence-electron chi connectivity index (χ3n) is 1.65. The van der Waals surface area contributed by atoms with Crippen molar-refractivity contribution in [2.75, 3.05) is 0 Å². The Hall–Kier alpha value is -0.640. The van der Waals surface area contributed by atoms with E-state index in [9.17, 15) is 4.79 Å². The zero-order chi connectivity index (χ0) is 9.42. The zero-order valence-corrected chi connectivity index (χ0v) is 8.58. The third-order valence-corrected chi connectivity index (χ3v) is 3.10. The minimum absolute atomic E-state index is 0.401. The highest BCUT2D eigenvalue weighted by Crippen LogP contribution is 2.29. The maximum absolute atomic E-state index is 11.0. The van der Waals surface area contributed by atoms with Crippen LogP contribution < -0.4 is 0 Å². The number of hydrogen-bond acceptors (Lipinski definition) is 3. The second kappa shape index (κ2) is 3.25. The predicted octanol–water partition coefficient (Wildman–Crippen LogP) is 3.33. The van der Waals surface area contributed by atoms with Gasteiger partial charge in [0.25, 0.3) is 5.24 Å². The fourth-order valence-corrected chi connectivity index (χ4v) is 2.44. The normalized spacial score (nSPS) is 10.6. The highest BCUT2D eigenvalue weighted by Gasteiger charge is 2.11. The maximum Gasteiger partial charge on any atom is 0.255 e. The smallest absolute Gasteiger partial charge is 0.255 e. The van der Waals surface area contributed by atoms with Gasteiger partial charge < -0.3 is 0 Å². The van der Waals surface area contributed by atoms with Crippen LogP contribution >= 0.6 is 34.5 Å². The highest BCUT2D eigenvalue weighted by atomic mass is 35.5. The molecule has 0 N–H and O–H groups in total. The molecule has 0 amide bonds. The number of carbonyl (C=O) groups is 1. The molecule has 0 aliphatic carbocycles. The Morgan fingerprint density at radius 2 is 2.31 bits per heavy atom. The van der Waals surface area contributed by atoms with E-state index in [2.05, 4.69) is 4.98 Å². The van der Waals surface area contributed by atoms with Crippen LogP contribution in [0, 0.1) is 0 Å². The molecule has 2 nitrogen and oxygen atoms in total. The Balaban J connectivity index is 2.86. The summed E-state index contributed by atoms with van der Waals surface area (Å²) in [6, 6.07) is 1.82. The van der Waals surface area contributed by atoms with Crippen LogP contribution in [0.25, 0.3) is 10.1 Å². The highest BCUT2D eigenvalue weighted by molar-refractivity contribution is 7.17. The van der Waals surface area contributed by atoms with E-state index in [1.165, 1.54) is 17.5 Å². The summed E-state index contributed by atoms with van der Waals surface area (Å²) in [5, 5.41) is 2.52. The van der Waals surface area contributed by atoms with Crippen molar-refractivity contribution in [1.82, 2.24) is 4.98 Å². The summed E-state index contributed by atoms with van der Waals surface area (Å²) in [5.74, 6) is 0. The van der Waals surface area contributed by atoms with Crippen molar-refractivity contribution in [1.29, 1.82) is 0 Å². The second-order valence-electron chi connectivity index (χ2n) is 2.40. The summed E-state index contributed by atoms with van der Waals surface area (Å²) in [6.45, 7) is 0. The molecule has 13 heavy (non-hydrogen) atoms. The van der Waals surface area contributed by atoms with Gasteiger partial charge in [-0.05, 0) is 23.0 Å². The molecule has 2 aromatic rings. The molecule has 66 valence electrons. The topological polar surface area (TPSA) is 30.0 Å². The van der Waals surface area contributed by atoms with Crippen LogP contribution in [0.2, 0.25) is 5.15 Å². The molecule has 0 unspecified atom stereocenters. The van der Waals surface area contributed by atoms with Gasteiger partial charge in [0.05, 0.1) is 10.3 Å². The molecule has 2 aromatic heterocycles. The van der Waals surface area contributed by atoms with E-state index in [1.807, 2.05) is 11.4 Å². The third kappa shape index (κ3) is 1.43. The average Bonchev–Trinajstić information content (AvgIpc) is 2.53. The Morgan fingerprint density at radius 3 is 3.00 bits per heavy atom. The molecular formula is C8H3Cl2NOS. The lowest BCUT2D eigenvalue weighted by Crippen LogP contribution is -1.90. The lowest BCUT2D eigenvalue weighted by atomic mass is 10.2. The van der Waals surface area contributed by atoms with Crippen LogP contribution in [0.3, 0.4) is 0 Å². The van der Waals surface area contributed by atoms with Gasteiger partial charge in [-0.15, -0.1) is 11.3 Å². The number of hydrogen-bond donors (Lipinski definition) is 0. The molecule has 0 saturated carbocycles. The van der Waals surface area contributed by atoms with Gasteiger partial charge in [0.1, 0.15) is 5.15 Å². The van der Waals surface area contributed by atoms with Gasteiger partial charge in [0, 0.05) is 11.6 Å². The molecular weight excluding hydrogens is 229 g/mol. The molecule has 0 aliphatic heterocycles. The lowest BCUT2D eigenvalue weighted by molar-refractivity contribution is 0.108. The summed E-state index contributed by atoms with van der Waals surface area (Å²) in [6.07, 6.45) is 1.40. The van der Waals surface area contributed by atoms with Gasteiger partial charge in [-0.25, -0.2) is 4.98 Å². The summed E-state index contributed by atoms with van der Waals surface area (Å²) < 4.78 is 0.792. The molecule has 0 aromatic carbocycles. The van der Waals surface area contributed by atoms with E-state index >= 15 is 0 Å². The Labute approximate surface area is 88.1 Å². The fourth-order valence-electron chi connectivity index (χ4n) is 1.07. The Morgan fingerprint density at radius 1 is 1.54 bits per heavy atom. The quantitative estimate of drug-likeness (QED) is 0.557. The van der Waals surface area contributed by atoms with Gasteiger partial charge in [0.15, 0.2) is 0 Å². The van der Waals surface area contributed by atoms with Gasteiger partial charge in [-0.2, -0.15) is 0 Å². The number of aromatic nitrogens is 1. The first-order valence-electron chi connectivity index (χ1n) is 3.41. The number of halogens is 2. The van der Waals surface area contributed by atoms with Crippen molar-refractivity contribution in [2.45, 2.75) is 0 Å². The monoisotopic (exact) mass is 231 g/mol. The second-order valence-corrected chi connectivity index (χ2v) is 4.02. The first-order chi connectivity index (χ1) is 6.20. The molecule has 0 atom stereocenters. The first-order valence-corrected chi connectivity index (χ1v) is 5.05. The largest absolute Gasteiger partial charge is 0.275 e. The summed E-state index contributed by atoms with van der Waals surface area (Å²) >= 11 is 12.6. The van der Waals surface area contributed by atoms with E-state index < -0.39 is 5.24 Å². The van der Waals surface area contributed by atoms with Crippen LogP contribution in [-0.4, -0.2) is 10.2 Å². The molecule has 5 heteroatoms. The standard InChI is InChI=1S/C8H3Cl2NOS/c9-7-4-1-2-13-6(4)5(3-11-7)8(10)12/h1-3H. The molecule has 0 spiro atoms. The van der Waals surface area contributed by atoms with Gasteiger partial charge in [-0.3, -0.25) is 4.79 Å². The minimum Gasteiger partial charge on any atom is -0.275 e.